The summed E-state index contributed by atoms with van der Waals surface area (Å²) in [4.78, 5) is 0. The Morgan fingerprint density at radius 3 is 2.95 bits per heavy atom. The second kappa shape index (κ2) is 6.15. The quantitative estimate of drug-likeness (QED) is 0.864. The van der Waals surface area contributed by atoms with E-state index in [0.29, 0.717) is 24.2 Å². The normalized spacial score (nSPS) is 29.6. The summed E-state index contributed by atoms with van der Waals surface area (Å²) >= 11 is 0. The molecule has 0 saturated carbocycles. The first-order valence-electron chi connectivity index (χ1n) is 7.84. The summed E-state index contributed by atoms with van der Waals surface area (Å²) in [5.74, 6) is 1.54. The lowest BCUT2D eigenvalue weighted by molar-refractivity contribution is 0.0856. The molecule has 4 unspecified atom stereocenters. The summed E-state index contributed by atoms with van der Waals surface area (Å²) in [5, 5.41) is 3.73. The van der Waals surface area contributed by atoms with Crippen molar-refractivity contribution in [2.45, 2.75) is 50.9 Å². The molecule has 1 N–H and O–H groups in total. The van der Waals surface area contributed by atoms with Crippen molar-refractivity contribution in [2.24, 2.45) is 5.92 Å². The Hall–Kier alpha value is -1.06. The molecule has 2 heterocycles. The van der Waals surface area contributed by atoms with Crippen LogP contribution >= 0.6 is 0 Å². The molecule has 2 fully saturated rings. The minimum atomic E-state index is 0.389. The first-order valence-corrected chi connectivity index (χ1v) is 7.84. The number of benzene rings is 1. The van der Waals surface area contributed by atoms with Crippen LogP contribution < -0.4 is 10.1 Å². The van der Waals surface area contributed by atoms with Crippen molar-refractivity contribution in [1.82, 2.24) is 5.32 Å². The van der Waals surface area contributed by atoms with Crippen LogP contribution in [0.3, 0.4) is 0 Å². The molecule has 20 heavy (non-hydrogen) atoms. The molecule has 4 atom stereocenters. The maximum Gasteiger partial charge on any atom is 0.119 e. The molecule has 2 saturated heterocycles. The highest BCUT2D eigenvalue weighted by molar-refractivity contribution is 5.31. The Balaban J connectivity index is 1.81. The highest BCUT2D eigenvalue weighted by atomic mass is 16.5. The van der Waals surface area contributed by atoms with Gasteiger partial charge >= 0.3 is 0 Å². The summed E-state index contributed by atoms with van der Waals surface area (Å²) < 4.78 is 11.4. The van der Waals surface area contributed by atoms with Crippen LogP contribution in [0.1, 0.15) is 44.2 Å². The standard InChI is InChI=1S/C17H25NO2/c1-3-9-18-17(12-5-4-6-13(10-12)19-2)15-11-14-7-8-16(15)20-14/h4-6,10,14-18H,3,7-9,11H2,1-2H3. The summed E-state index contributed by atoms with van der Waals surface area (Å²) in [7, 11) is 1.73. The lowest BCUT2D eigenvalue weighted by Crippen LogP contribution is -2.34. The number of fused-ring (bicyclic) bond motifs is 2. The van der Waals surface area contributed by atoms with E-state index in [1.54, 1.807) is 7.11 Å². The van der Waals surface area contributed by atoms with E-state index in [2.05, 4.69) is 30.4 Å². The van der Waals surface area contributed by atoms with E-state index in [9.17, 15) is 0 Å². The summed E-state index contributed by atoms with van der Waals surface area (Å²) in [6.07, 6.45) is 5.77. The molecule has 110 valence electrons. The highest BCUT2D eigenvalue weighted by Gasteiger charge is 2.44. The molecular weight excluding hydrogens is 250 g/mol. The first-order chi connectivity index (χ1) is 9.81. The summed E-state index contributed by atoms with van der Waals surface area (Å²) in [6.45, 7) is 3.27. The van der Waals surface area contributed by atoms with Crippen LogP contribution in [-0.2, 0) is 4.74 Å². The number of hydrogen-bond acceptors (Lipinski definition) is 3. The Morgan fingerprint density at radius 1 is 1.40 bits per heavy atom. The van der Waals surface area contributed by atoms with Crippen LogP contribution in [0.2, 0.25) is 0 Å². The van der Waals surface area contributed by atoms with E-state index >= 15 is 0 Å². The number of methoxy groups -OCH3 is 1. The van der Waals surface area contributed by atoms with Gasteiger partial charge in [0.1, 0.15) is 5.75 Å². The van der Waals surface area contributed by atoms with Gasteiger partial charge in [-0.2, -0.15) is 0 Å². The second-order valence-electron chi connectivity index (χ2n) is 5.98. The zero-order valence-electron chi connectivity index (χ0n) is 12.5. The van der Waals surface area contributed by atoms with E-state index in [0.717, 1.165) is 18.7 Å². The highest BCUT2D eigenvalue weighted by Crippen LogP contribution is 2.45. The van der Waals surface area contributed by atoms with Gasteiger partial charge in [0.05, 0.1) is 19.3 Å². The van der Waals surface area contributed by atoms with Crippen molar-refractivity contribution in [3.8, 4) is 5.75 Å². The van der Waals surface area contributed by atoms with Gasteiger partial charge in [-0.15, -0.1) is 0 Å². The molecule has 0 amide bonds. The smallest absolute Gasteiger partial charge is 0.119 e. The minimum absolute atomic E-state index is 0.389. The molecule has 2 aliphatic rings. The fourth-order valence-corrected chi connectivity index (χ4v) is 3.68. The van der Waals surface area contributed by atoms with Crippen molar-refractivity contribution in [3.63, 3.8) is 0 Å². The van der Waals surface area contributed by atoms with Crippen molar-refractivity contribution in [1.29, 1.82) is 0 Å². The Kier molecular flexibility index (Phi) is 4.27. The average molecular weight is 275 g/mol. The molecule has 0 aromatic heterocycles. The molecular formula is C17H25NO2. The van der Waals surface area contributed by atoms with Gasteiger partial charge in [-0.3, -0.25) is 0 Å². The van der Waals surface area contributed by atoms with Gasteiger partial charge in [-0.05, 0) is 49.9 Å². The molecule has 3 rings (SSSR count). The predicted molar refractivity (Wildman–Crippen MR) is 80.0 cm³/mol. The summed E-state index contributed by atoms with van der Waals surface area (Å²) in [6, 6.07) is 8.86. The first kappa shape index (κ1) is 13.9. The van der Waals surface area contributed by atoms with Crippen molar-refractivity contribution in [3.05, 3.63) is 29.8 Å². The van der Waals surface area contributed by atoms with Crippen LogP contribution in [0.4, 0.5) is 0 Å². The van der Waals surface area contributed by atoms with Crippen molar-refractivity contribution in [2.75, 3.05) is 13.7 Å². The number of nitrogens with one attached hydrogen (secondary N) is 1. The average Bonchev–Trinajstić information content (AvgIpc) is 3.11. The third kappa shape index (κ3) is 2.70. The maximum atomic E-state index is 6.05. The zero-order chi connectivity index (χ0) is 13.9. The lowest BCUT2D eigenvalue weighted by Gasteiger charge is -2.30. The van der Waals surface area contributed by atoms with Gasteiger partial charge in [0.2, 0.25) is 0 Å². The topological polar surface area (TPSA) is 30.5 Å². The molecule has 1 aromatic rings. The number of ether oxygens (including phenoxy) is 2. The predicted octanol–water partition coefficient (Wildman–Crippen LogP) is 3.30. The van der Waals surface area contributed by atoms with Gasteiger partial charge in [-0.25, -0.2) is 0 Å². The van der Waals surface area contributed by atoms with E-state index in [-0.39, 0.29) is 0 Å². The lowest BCUT2D eigenvalue weighted by atomic mass is 9.81. The number of rotatable bonds is 6. The van der Waals surface area contributed by atoms with Gasteiger partial charge in [0.15, 0.2) is 0 Å². The molecule has 0 aliphatic carbocycles. The van der Waals surface area contributed by atoms with Gasteiger partial charge < -0.3 is 14.8 Å². The maximum absolute atomic E-state index is 6.05. The van der Waals surface area contributed by atoms with E-state index < -0.39 is 0 Å². The molecule has 1 aromatic carbocycles. The Labute approximate surface area is 121 Å². The van der Waals surface area contributed by atoms with Crippen molar-refractivity contribution < 1.29 is 9.47 Å². The van der Waals surface area contributed by atoms with E-state index in [4.69, 9.17) is 9.47 Å². The van der Waals surface area contributed by atoms with Crippen LogP contribution in [0.15, 0.2) is 24.3 Å². The monoisotopic (exact) mass is 275 g/mol. The summed E-state index contributed by atoms with van der Waals surface area (Å²) in [5.41, 5.74) is 1.33. The van der Waals surface area contributed by atoms with E-state index in [1.807, 2.05) is 6.07 Å². The van der Waals surface area contributed by atoms with Crippen LogP contribution in [-0.4, -0.2) is 25.9 Å². The third-order valence-corrected chi connectivity index (χ3v) is 4.65. The van der Waals surface area contributed by atoms with Gasteiger partial charge in [0, 0.05) is 12.0 Å². The second-order valence-corrected chi connectivity index (χ2v) is 5.98. The fraction of sp³-hybridized carbons (Fsp3) is 0.647. The van der Waals surface area contributed by atoms with Gasteiger partial charge in [-0.1, -0.05) is 19.1 Å². The molecule has 3 heteroatoms. The fourth-order valence-electron chi connectivity index (χ4n) is 3.68. The molecule has 0 radical (unpaired) electrons. The van der Waals surface area contributed by atoms with Crippen LogP contribution in [0, 0.1) is 5.92 Å². The van der Waals surface area contributed by atoms with Crippen LogP contribution in [0.5, 0.6) is 5.75 Å². The Bertz CT molecular complexity index is 448. The van der Waals surface area contributed by atoms with Gasteiger partial charge in [0.25, 0.3) is 0 Å². The minimum Gasteiger partial charge on any atom is -0.497 e. The van der Waals surface area contributed by atoms with Crippen LogP contribution in [0.25, 0.3) is 0 Å². The molecule has 3 nitrogen and oxygen atoms in total. The largest absolute Gasteiger partial charge is 0.497 e. The zero-order valence-corrected chi connectivity index (χ0v) is 12.5. The molecule has 0 spiro atoms. The van der Waals surface area contributed by atoms with E-state index in [1.165, 1.54) is 24.8 Å². The van der Waals surface area contributed by atoms with Crippen molar-refractivity contribution >= 4 is 0 Å². The molecule has 2 aliphatic heterocycles. The molecule has 2 bridgehead atoms. The Morgan fingerprint density at radius 2 is 2.30 bits per heavy atom. The SMILES string of the molecule is CCCNC(c1cccc(OC)c1)C1CC2CCC1O2. The number of hydrogen-bond donors (Lipinski definition) is 1. The third-order valence-electron chi connectivity index (χ3n) is 4.65.